The van der Waals surface area contributed by atoms with Gasteiger partial charge >= 0.3 is 112 Å². The Labute approximate surface area is 161 Å². The number of hydrogen-bond acceptors (Lipinski definition) is 7. The van der Waals surface area contributed by atoms with E-state index >= 15 is 0 Å². The summed E-state index contributed by atoms with van der Waals surface area (Å²) in [6.07, 6.45) is 1.09. The van der Waals surface area contributed by atoms with Gasteiger partial charge in [-0.3, -0.25) is 9.78 Å². The van der Waals surface area contributed by atoms with Crippen LogP contribution >= 0.6 is 12.2 Å². The van der Waals surface area contributed by atoms with Crippen molar-refractivity contribution in [3.05, 3.63) is 54.4 Å². The van der Waals surface area contributed by atoms with E-state index in [1.807, 2.05) is 0 Å². The Morgan fingerprint density at radius 1 is 1.36 bits per heavy atom. The zero-order valence-corrected chi connectivity index (χ0v) is 19.3. The van der Waals surface area contributed by atoms with Crippen molar-refractivity contribution in [2.24, 2.45) is 0 Å². The Morgan fingerprint density at radius 2 is 2.08 bits per heavy atom. The number of aliphatic hydroxyl groups is 2. The van der Waals surface area contributed by atoms with Crippen LogP contribution in [0.5, 0.6) is 0 Å². The first-order chi connectivity index (χ1) is 11.8. The van der Waals surface area contributed by atoms with E-state index in [9.17, 15) is 19.5 Å². The third-order valence-electron chi connectivity index (χ3n) is 3.42. The van der Waals surface area contributed by atoms with Crippen LogP contribution in [0.2, 0.25) is 0 Å². The number of hydrogen-bond donors (Lipinski definition) is 5. The normalized spacial score (nSPS) is 22.3. The van der Waals surface area contributed by atoms with E-state index in [1.165, 1.54) is 23.0 Å². The molecule has 3 atom stereocenters. The maximum absolute atomic E-state index is 11.6. The van der Waals surface area contributed by atoms with Gasteiger partial charge in [-0.2, -0.15) is 0 Å². The van der Waals surface area contributed by atoms with Crippen molar-refractivity contribution < 1.29 is 41.1 Å². The summed E-state index contributed by atoms with van der Waals surface area (Å²) in [5.74, 6) is 0. The second kappa shape index (κ2) is 8.80. The van der Waals surface area contributed by atoms with Crippen LogP contribution in [0.1, 0.15) is 12.6 Å². The third-order valence-corrected chi connectivity index (χ3v) is 5.60. The average molecular weight is 556 g/mol. The van der Waals surface area contributed by atoms with Gasteiger partial charge in [0, 0.05) is 12.3 Å². The first kappa shape index (κ1) is 19.9. The average Bonchev–Trinajstić information content (AvgIpc) is 2.92. The van der Waals surface area contributed by atoms with Gasteiger partial charge in [-0.15, -0.1) is 0 Å². The van der Waals surface area contributed by atoms with Crippen molar-refractivity contribution in [2.75, 3.05) is 6.61 Å². The second-order valence-electron chi connectivity index (χ2n) is 5.23. The summed E-state index contributed by atoms with van der Waals surface area (Å²) in [6.45, 7) is -0.299. The zero-order valence-electron chi connectivity index (χ0n) is 13.0. The van der Waals surface area contributed by atoms with Crippen LogP contribution in [0.15, 0.2) is 32.8 Å². The molecule has 3 rings (SSSR count). The van der Waals surface area contributed by atoms with Crippen molar-refractivity contribution in [3.63, 3.8) is 0 Å². The first-order valence-corrected chi connectivity index (χ1v) is 10.4. The Hall–Kier alpha value is -1.40. The molecule has 0 unspecified atom stereocenters. The minimum Gasteiger partial charge on any atom is -0.339 e. The molecule has 10 nitrogen and oxygen atoms in total. The monoisotopic (exact) mass is 557 g/mol. The molecule has 12 heteroatoms. The molecule has 130 valence electrons. The van der Waals surface area contributed by atoms with E-state index in [-0.39, 0.29) is 50.3 Å². The van der Waals surface area contributed by atoms with Gasteiger partial charge in [-0.1, -0.05) is 0 Å². The molecule has 1 aliphatic heterocycles. The molecule has 0 spiro atoms. The molecule has 0 bridgehead atoms. The summed E-state index contributed by atoms with van der Waals surface area (Å²) in [7, 11) is 0. The van der Waals surface area contributed by atoms with Gasteiger partial charge in [0.25, 0.3) is 5.56 Å². The Balaban J connectivity index is 0.000000236. The van der Waals surface area contributed by atoms with E-state index in [2.05, 4.69) is 27.2 Å². The maximum Gasteiger partial charge on any atom is 0.251 e. The van der Waals surface area contributed by atoms with Gasteiger partial charge in [0.05, 0.1) is 0 Å². The second-order valence-corrected chi connectivity index (χ2v) is 8.60. The molecule has 0 radical (unpaired) electrons. The number of rotatable bonds is 2. The number of aliphatic hydroxyl groups excluding tert-OH is 2. The van der Waals surface area contributed by atoms with Crippen LogP contribution in [0.4, 0.5) is 0 Å². The number of aromatic amines is 3. The van der Waals surface area contributed by atoms with Crippen LogP contribution in [0, 0.1) is 4.77 Å². The molecular formula is C13H15HgN4O6S+. The van der Waals surface area contributed by atoms with Crippen molar-refractivity contribution >= 4 is 15.3 Å². The topological polar surface area (TPSA) is 153 Å². The van der Waals surface area contributed by atoms with Gasteiger partial charge < -0.3 is 4.98 Å². The largest absolute Gasteiger partial charge is 0.339 e. The van der Waals surface area contributed by atoms with Crippen LogP contribution in [0.25, 0.3) is 0 Å². The predicted molar refractivity (Wildman–Crippen MR) is 84.8 cm³/mol. The molecule has 1 saturated heterocycles. The van der Waals surface area contributed by atoms with Gasteiger partial charge in [0.2, 0.25) is 0 Å². The van der Waals surface area contributed by atoms with Crippen LogP contribution in [0.3, 0.4) is 0 Å². The first-order valence-electron chi connectivity index (χ1n) is 7.21. The predicted octanol–water partition coefficient (Wildman–Crippen LogP) is -2.22. The minimum atomic E-state index is -0.800. The van der Waals surface area contributed by atoms with Crippen LogP contribution in [-0.4, -0.2) is 48.5 Å². The fourth-order valence-corrected chi connectivity index (χ4v) is 3.45. The van der Waals surface area contributed by atoms with E-state index in [4.69, 9.17) is 9.84 Å². The smallest absolute Gasteiger partial charge is 0.251 e. The fourth-order valence-electron chi connectivity index (χ4n) is 2.17. The minimum absolute atomic E-state index is 0.0895. The molecule has 0 saturated carbocycles. The number of nitrogens with zero attached hydrogens (tertiary/aromatic N) is 1. The SMILES string of the molecule is O=c1[nH]c(=O)n([C@H]2C[C@H](O)[C@@H](CO)O2)c[c]1[Hg+].O=c1cc[nH]c(=S)[nH]1. The number of nitrogens with one attached hydrogen (secondary N) is 3. The summed E-state index contributed by atoms with van der Waals surface area (Å²) >= 11 is 4.68. The van der Waals surface area contributed by atoms with Crippen LogP contribution < -0.4 is 19.9 Å². The molecule has 0 aromatic carbocycles. The summed E-state index contributed by atoms with van der Waals surface area (Å²) < 4.78 is 7.55. The summed E-state index contributed by atoms with van der Waals surface area (Å²) in [6, 6.07) is 1.37. The van der Waals surface area contributed by atoms with Gasteiger partial charge in [0.15, 0.2) is 4.77 Å². The van der Waals surface area contributed by atoms with E-state index in [0.29, 0.717) is 7.84 Å². The molecule has 0 amide bonds. The number of H-pyrrole nitrogens is 3. The molecule has 25 heavy (non-hydrogen) atoms. The number of aromatic nitrogens is 4. The quantitative estimate of drug-likeness (QED) is 0.208. The van der Waals surface area contributed by atoms with E-state index in [1.54, 1.807) is 0 Å². The van der Waals surface area contributed by atoms with Gasteiger partial charge in [-0.25, -0.2) is 0 Å². The molecular weight excluding hydrogens is 541 g/mol. The Morgan fingerprint density at radius 3 is 2.60 bits per heavy atom. The van der Waals surface area contributed by atoms with Gasteiger partial charge in [0.1, 0.15) is 0 Å². The molecule has 1 aliphatic rings. The van der Waals surface area contributed by atoms with Crippen molar-refractivity contribution in [2.45, 2.75) is 24.9 Å². The van der Waals surface area contributed by atoms with Crippen LogP contribution in [-0.2, 0) is 30.9 Å². The van der Waals surface area contributed by atoms with E-state index < -0.39 is 24.1 Å². The summed E-state index contributed by atoms with van der Waals surface area (Å²) in [5, 5.41) is 18.5. The molecule has 5 N–H and O–H groups in total. The molecule has 2 aromatic heterocycles. The fraction of sp³-hybridized carbons (Fsp3) is 0.385. The third kappa shape index (κ3) is 5.28. The zero-order chi connectivity index (χ0) is 18.6. The van der Waals surface area contributed by atoms with E-state index in [0.717, 1.165) is 0 Å². The van der Waals surface area contributed by atoms with Crippen molar-refractivity contribution in [1.29, 1.82) is 0 Å². The maximum atomic E-state index is 11.6. The molecule has 1 fully saturated rings. The molecule has 2 aromatic rings. The van der Waals surface area contributed by atoms with Gasteiger partial charge in [-0.05, 0) is 12.2 Å². The summed E-state index contributed by atoms with van der Waals surface area (Å²) in [4.78, 5) is 40.4. The van der Waals surface area contributed by atoms with Crippen molar-refractivity contribution in [3.8, 4) is 0 Å². The Bertz CT molecular complexity index is 925. The standard InChI is InChI=1S/C9H11N2O5.C4H4N2OS.Hg/c12-4-6-5(13)3-8(16-6)11-2-1-7(14)10-9(11)15;7-3-1-2-5-4(8)6-3;/h2,5-6,8,12-13H,3-4H2,(H,10,14,15);1-2H,(H2,5,6,7,8);/q;;+1/t5-,6+,8+;;/m0../s1. The van der Waals surface area contributed by atoms with Crippen molar-refractivity contribution in [1.82, 2.24) is 19.5 Å². The molecule has 0 aliphatic carbocycles. The summed E-state index contributed by atoms with van der Waals surface area (Å²) in [5.41, 5.74) is -1.08. The Kier molecular flexibility index (Phi) is 7.01. The number of ether oxygens (including phenoxy) is 1. The molecule has 3 heterocycles.